The number of nitrogens with one attached hydrogen (secondary N) is 1. The Morgan fingerprint density at radius 2 is 1.77 bits per heavy atom. The number of carbonyl (C=O) groups excluding carboxylic acids is 2. The zero-order valence-electron chi connectivity index (χ0n) is 17.6. The smallest absolute Gasteiger partial charge is 0.251 e. The Bertz CT molecular complexity index is 742. The quantitative estimate of drug-likeness (QED) is 0.722. The molecule has 7 heteroatoms. The molecule has 0 aromatic heterocycles. The van der Waals surface area contributed by atoms with Gasteiger partial charge in [-0.1, -0.05) is 43.0 Å². The van der Waals surface area contributed by atoms with Crippen LogP contribution >= 0.6 is 11.6 Å². The first kappa shape index (κ1) is 21.8. The zero-order chi connectivity index (χ0) is 21.1. The van der Waals surface area contributed by atoms with E-state index in [1.54, 1.807) is 0 Å². The second-order valence-electron chi connectivity index (χ2n) is 9.11. The highest BCUT2D eigenvalue weighted by molar-refractivity contribution is 6.30. The number of amides is 1. The molecule has 0 spiro atoms. The van der Waals surface area contributed by atoms with Gasteiger partial charge in [-0.3, -0.25) is 19.9 Å². The standard InChI is InChI=1S/C23H33ClN4O2/c24-18-8-6-16(7-9-18)14-20(25)23(30)26-27-12-10-19(11-13-27)28-15-21(29)22(28)17-4-2-1-3-5-17/h6-9,17,19-20,22H,1-5,10-15,25H2,(H,26,30)/t20-,22-/m1/s1. The number of nitrogens with zero attached hydrogens (tertiary/aromatic N) is 2. The zero-order valence-corrected chi connectivity index (χ0v) is 18.3. The number of rotatable bonds is 6. The Morgan fingerprint density at radius 1 is 1.10 bits per heavy atom. The molecule has 2 saturated heterocycles. The summed E-state index contributed by atoms with van der Waals surface area (Å²) in [4.78, 5) is 27.3. The van der Waals surface area contributed by atoms with Crippen LogP contribution < -0.4 is 11.2 Å². The van der Waals surface area contributed by atoms with Crippen molar-refractivity contribution in [1.82, 2.24) is 15.3 Å². The largest absolute Gasteiger partial charge is 0.320 e. The van der Waals surface area contributed by atoms with Crippen LogP contribution in [-0.2, 0) is 16.0 Å². The number of hydrazine groups is 1. The number of benzene rings is 1. The maximum Gasteiger partial charge on any atom is 0.251 e. The van der Waals surface area contributed by atoms with Crippen LogP contribution in [0.2, 0.25) is 5.02 Å². The van der Waals surface area contributed by atoms with Gasteiger partial charge >= 0.3 is 0 Å². The molecule has 0 radical (unpaired) electrons. The summed E-state index contributed by atoms with van der Waals surface area (Å²) < 4.78 is 0. The monoisotopic (exact) mass is 432 g/mol. The summed E-state index contributed by atoms with van der Waals surface area (Å²) >= 11 is 5.91. The van der Waals surface area contributed by atoms with E-state index in [2.05, 4.69) is 10.3 Å². The van der Waals surface area contributed by atoms with Crippen molar-refractivity contribution in [2.45, 2.75) is 69.5 Å². The lowest BCUT2D eigenvalue weighted by molar-refractivity contribution is -0.145. The third-order valence-corrected chi connectivity index (χ3v) is 7.28. The van der Waals surface area contributed by atoms with Gasteiger partial charge in [0.2, 0.25) is 0 Å². The van der Waals surface area contributed by atoms with Gasteiger partial charge in [-0.15, -0.1) is 0 Å². The number of carbonyl (C=O) groups is 2. The Morgan fingerprint density at radius 3 is 2.40 bits per heavy atom. The summed E-state index contributed by atoms with van der Waals surface area (Å²) in [5, 5.41) is 2.66. The minimum Gasteiger partial charge on any atom is -0.320 e. The molecular weight excluding hydrogens is 400 g/mol. The van der Waals surface area contributed by atoms with E-state index in [4.69, 9.17) is 17.3 Å². The number of nitrogens with two attached hydrogens (primary N) is 1. The lowest BCUT2D eigenvalue weighted by atomic mass is 9.77. The molecule has 1 aromatic rings. The van der Waals surface area contributed by atoms with Crippen molar-refractivity contribution in [3.63, 3.8) is 0 Å². The molecule has 1 saturated carbocycles. The molecule has 1 amide bonds. The second kappa shape index (κ2) is 9.77. The summed E-state index contributed by atoms with van der Waals surface area (Å²) in [6.07, 6.45) is 8.69. The Labute approximate surface area is 184 Å². The topological polar surface area (TPSA) is 78.7 Å². The lowest BCUT2D eigenvalue weighted by Gasteiger charge is -2.50. The Balaban J connectivity index is 1.23. The number of Topliss-reactive ketones (excluding diaryl/α,β-unsaturated/α-hetero) is 1. The van der Waals surface area contributed by atoms with Gasteiger partial charge in [0.1, 0.15) is 0 Å². The van der Waals surface area contributed by atoms with Crippen LogP contribution in [0, 0.1) is 5.92 Å². The van der Waals surface area contributed by atoms with E-state index in [1.165, 1.54) is 32.1 Å². The number of likely N-dealkylation sites (tertiary alicyclic amines) is 1. The van der Waals surface area contributed by atoms with Crippen molar-refractivity contribution in [3.8, 4) is 0 Å². The number of ketones is 1. The van der Waals surface area contributed by atoms with Crippen molar-refractivity contribution < 1.29 is 9.59 Å². The van der Waals surface area contributed by atoms with E-state index in [9.17, 15) is 9.59 Å². The molecule has 1 aliphatic carbocycles. The van der Waals surface area contributed by atoms with Crippen molar-refractivity contribution in [1.29, 1.82) is 0 Å². The van der Waals surface area contributed by atoms with E-state index in [-0.39, 0.29) is 11.9 Å². The molecule has 4 rings (SSSR count). The van der Waals surface area contributed by atoms with Gasteiger partial charge in [0.25, 0.3) is 5.91 Å². The minimum absolute atomic E-state index is 0.150. The summed E-state index contributed by atoms with van der Waals surface area (Å²) in [5.74, 6) is 0.844. The molecule has 164 valence electrons. The predicted octanol–water partition coefficient (Wildman–Crippen LogP) is 2.54. The van der Waals surface area contributed by atoms with Gasteiger partial charge in [0, 0.05) is 24.2 Å². The van der Waals surface area contributed by atoms with Crippen LogP contribution in [0.1, 0.15) is 50.5 Å². The SMILES string of the molecule is N[C@H](Cc1ccc(Cl)cc1)C(=O)NN1CCC(N2CC(=O)[C@H]2C2CCCCC2)CC1. The second-order valence-corrected chi connectivity index (χ2v) is 9.55. The van der Waals surface area contributed by atoms with E-state index < -0.39 is 6.04 Å². The molecule has 0 bridgehead atoms. The highest BCUT2D eigenvalue weighted by Crippen LogP contribution is 2.36. The molecule has 6 nitrogen and oxygen atoms in total. The number of piperidine rings is 1. The van der Waals surface area contributed by atoms with Crippen molar-refractivity contribution >= 4 is 23.3 Å². The molecule has 0 unspecified atom stereocenters. The van der Waals surface area contributed by atoms with E-state index >= 15 is 0 Å². The fourth-order valence-electron chi connectivity index (χ4n) is 5.30. The number of hydrogen-bond acceptors (Lipinski definition) is 5. The summed E-state index contributed by atoms with van der Waals surface area (Å²) in [6, 6.07) is 7.44. The molecule has 2 atom stereocenters. The summed E-state index contributed by atoms with van der Waals surface area (Å²) in [7, 11) is 0. The molecule has 1 aromatic carbocycles. The van der Waals surface area contributed by atoms with Crippen molar-refractivity contribution in [2.75, 3.05) is 19.6 Å². The average Bonchev–Trinajstić information content (AvgIpc) is 2.75. The molecule has 2 aliphatic heterocycles. The van der Waals surface area contributed by atoms with Crippen LogP contribution in [0.3, 0.4) is 0 Å². The van der Waals surface area contributed by atoms with Gasteiger partial charge in [0.15, 0.2) is 5.78 Å². The van der Waals surface area contributed by atoms with Crippen LogP contribution in [-0.4, -0.2) is 59.4 Å². The third-order valence-electron chi connectivity index (χ3n) is 7.03. The third kappa shape index (κ3) is 5.05. The van der Waals surface area contributed by atoms with Crippen LogP contribution in [0.15, 0.2) is 24.3 Å². The minimum atomic E-state index is -0.590. The maximum absolute atomic E-state index is 12.5. The first-order valence-corrected chi connectivity index (χ1v) is 11.7. The molecule has 3 aliphatic rings. The predicted molar refractivity (Wildman–Crippen MR) is 118 cm³/mol. The molecule has 2 heterocycles. The Kier molecular flexibility index (Phi) is 7.08. The van der Waals surface area contributed by atoms with Gasteiger partial charge < -0.3 is 5.73 Å². The first-order valence-electron chi connectivity index (χ1n) is 11.3. The highest BCUT2D eigenvalue weighted by Gasteiger charge is 2.46. The van der Waals surface area contributed by atoms with Gasteiger partial charge in [-0.05, 0) is 55.7 Å². The molecule has 3 N–H and O–H groups in total. The fraction of sp³-hybridized carbons (Fsp3) is 0.652. The molecular formula is C23H33ClN4O2. The summed E-state index contributed by atoms with van der Waals surface area (Å²) in [6.45, 7) is 2.21. The highest BCUT2D eigenvalue weighted by atomic mass is 35.5. The number of halogens is 1. The van der Waals surface area contributed by atoms with Crippen LogP contribution in [0.4, 0.5) is 0 Å². The van der Waals surface area contributed by atoms with Gasteiger partial charge in [-0.25, -0.2) is 5.01 Å². The van der Waals surface area contributed by atoms with Gasteiger partial charge in [0.05, 0.1) is 18.6 Å². The van der Waals surface area contributed by atoms with Crippen molar-refractivity contribution in [3.05, 3.63) is 34.9 Å². The van der Waals surface area contributed by atoms with Crippen molar-refractivity contribution in [2.24, 2.45) is 11.7 Å². The van der Waals surface area contributed by atoms with Crippen LogP contribution in [0.25, 0.3) is 0 Å². The van der Waals surface area contributed by atoms with E-state index in [0.717, 1.165) is 31.5 Å². The fourth-order valence-corrected chi connectivity index (χ4v) is 5.43. The van der Waals surface area contributed by atoms with E-state index in [1.807, 2.05) is 29.3 Å². The van der Waals surface area contributed by atoms with Crippen LogP contribution in [0.5, 0.6) is 0 Å². The average molecular weight is 433 g/mol. The summed E-state index contributed by atoms with van der Waals surface area (Å²) in [5.41, 5.74) is 10.1. The molecule has 3 fully saturated rings. The molecule has 30 heavy (non-hydrogen) atoms. The number of hydrogen-bond donors (Lipinski definition) is 2. The maximum atomic E-state index is 12.5. The normalized spacial score (nSPS) is 25.7. The lowest BCUT2D eigenvalue weighted by Crippen LogP contribution is -2.66. The van der Waals surface area contributed by atoms with E-state index in [0.29, 0.717) is 35.7 Å². The Hall–Kier alpha value is -1.47. The van der Waals surface area contributed by atoms with Gasteiger partial charge in [-0.2, -0.15) is 0 Å². The first-order chi connectivity index (χ1) is 14.5.